The number of rotatable bonds is 34. The van der Waals surface area contributed by atoms with Crippen molar-refractivity contribution in [3.8, 4) is 0 Å². The van der Waals surface area contributed by atoms with E-state index in [0.29, 0.717) is 25.0 Å². The lowest BCUT2D eigenvalue weighted by molar-refractivity contribution is -0.143. The quantitative estimate of drug-likeness (QED) is 0.0236. The fourth-order valence-corrected chi connectivity index (χ4v) is 6.84. The van der Waals surface area contributed by atoms with Crippen molar-refractivity contribution >= 4 is 77.7 Å². The van der Waals surface area contributed by atoms with Crippen LogP contribution in [0.4, 0.5) is 0 Å². The number of nitrogens with two attached hydrogens (primary N) is 3. The Morgan fingerprint density at radius 3 is 1.66 bits per heavy atom. The van der Waals surface area contributed by atoms with E-state index in [2.05, 4.69) is 65.1 Å². The van der Waals surface area contributed by atoms with Crippen molar-refractivity contribution in [2.24, 2.45) is 29.0 Å². The van der Waals surface area contributed by atoms with Crippen molar-refractivity contribution in [2.45, 2.75) is 160 Å². The summed E-state index contributed by atoms with van der Waals surface area (Å²) in [5.41, 5.74) is 17.1. The predicted octanol–water partition coefficient (Wildman–Crippen LogP) is -3.44. The Kier molecular flexibility index (Phi) is 27.9. The number of carboxylic acids is 2. The van der Waals surface area contributed by atoms with Crippen LogP contribution in [0.1, 0.15) is 105 Å². The third-order valence-corrected chi connectivity index (χ3v) is 11.2. The molecule has 10 atom stereocenters. The average molecular weight is 1010 g/mol. The van der Waals surface area contributed by atoms with E-state index in [1.54, 1.807) is 27.7 Å². The third-order valence-electron chi connectivity index (χ3n) is 10.9. The molecule has 0 bridgehead atoms. The number of amides is 9. The second-order valence-electron chi connectivity index (χ2n) is 17.4. The van der Waals surface area contributed by atoms with Crippen LogP contribution in [-0.2, 0) is 59.2 Å². The summed E-state index contributed by atoms with van der Waals surface area (Å²) in [4.78, 5) is 150. The monoisotopic (exact) mass is 1010 g/mol. The number of aliphatic carboxylic acids is 2. The number of carbonyl (C=O) groups excluding carboxylic acids is 9. The lowest BCUT2D eigenvalue weighted by Gasteiger charge is -2.28. The summed E-state index contributed by atoms with van der Waals surface area (Å²) in [6, 6.07) is -12.0. The smallest absolute Gasteiger partial charge is 0.326 e. The van der Waals surface area contributed by atoms with Crippen LogP contribution in [0.25, 0.3) is 0 Å². The first-order chi connectivity index (χ1) is 32.8. The van der Waals surface area contributed by atoms with Crippen LogP contribution in [-0.4, -0.2) is 152 Å². The number of thiol groups is 1. The summed E-state index contributed by atoms with van der Waals surface area (Å²) in [7, 11) is 0. The van der Waals surface area contributed by atoms with E-state index in [1.807, 2.05) is 0 Å². The molecule has 9 amide bonds. The Hall–Kier alpha value is -6.35. The van der Waals surface area contributed by atoms with E-state index in [-0.39, 0.29) is 43.9 Å². The number of aromatic nitrogens is 2. The van der Waals surface area contributed by atoms with Gasteiger partial charge in [-0.15, -0.1) is 0 Å². The highest BCUT2D eigenvalue weighted by atomic mass is 32.1. The summed E-state index contributed by atoms with van der Waals surface area (Å²) < 4.78 is 0. The average Bonchev–Trinajstić information content (AvgIpc) is 3.81. The molecule has 394 valence electrons. The van der Waals surface area contributed by atoms with Crippen molar-refractivity contribution in [3.05, 3.63) is 18.2 Å². The number of nitrogens with zero attached hydrogens (tertiary/aromatic N) is 1. The normalized spacial score (nSPS) is 15.4. The molecule has 0 unspecified atom stereocenters. The molecular formula is C43H73N13O13S. The van der Waals surface area contributed by atoms with Crippen LogP contribution in [0.3, 0.4) is 0 Å². The number of aromatic amines is 1. The van der Waals surface area contributed by atoms with Gasteiger partial charge >= 0.3 is 11.9 Å². The van der Waals surface area contributed by atoms with Crippen LogP contribution in [0.5, 0.6) is 0 Å². The van der Waals surface area contributed by atoms with E-state index in [9.17, 15) is 63.0 Å². The highest BCUT2D eigenvalue weighted by Crippen LogP contribution is 2.12. The van der Waals surface area contributed by atoms with Crippen LogP contribution in [0.15, 0.2) is 12.5 Å². The van der Waals surface area contributed by atoms with Crippen molar-refractivity contribution in [1.29, 1.82) is 0 Å². The van der Waals surface area contributed by atoms with Gasteiger partial charge in [0.15, 0.2) is 0 Å². The molecule has 1 heterocycles. The van der Waals surface area contributed by atoms with Gasteiger partial charge in [0, 0.05) is 36.9 Å². The van der Waals surface area contributed by atoms with Crippen molar-refractivity contribution in [3.63, 3.8) is 0 Å². The second-order valence-corrected chi connectivity index (χ2v) is 17.8. The molecular weight excluding hydrogens is 939 g/mol. The molecule has 0 radical (unpaired) electrons. The molecule has 1 aromatic heterocycles. The third kappa shape index (κ3) is 22.8. The number of primary amides is 1. The van der Waals surface area contributed by atoms with Gasteiger partial charge in [-0.05, 0) is 70.8 Å². The molecule has 0 fully saturated rings. The fourth-order valence-electron chi connectivity index (χ4n) is 6.58. The van der Waals surface area contributed by atoms with Crippen molar-refractivity contribution in [1.82, 2.24) is 52.5 Å². The highest BCUT2D eigenvalue weighted by Gasteiger charge is 2.35. The molecule has 27 heteroatoms. The second kappa shape index (κ2) is 31.7. The van der Waals surface area contributed by atoms with E-state index < -0.39 is 145 Å². The number of hydrogen-bond acceptors (Lipinski definition) is 15. The van der Waals surface area contributed by atoms with Crippen LogP contribution >= 0.6 is 12.6 Å². The van der Waals surface area contributed by atoms with Crippen molar-refractivity contribution in [2.75, 3.05) is 12.3 Å². The van der Waals surface area contributed by atoms with Gasteiger partial charge in [-0.25, -0.2) is 9.78 Å². The minimum atomic E-state index is -1.54. The molecule has 0 saturated heterocycles. The van der Waals surface area contributed by atoms with E-state index in [0.717, 1.165) is 0 Å². The summed E-state index contributed by atoms with van der Waals surface area (Å²) in [6.07, 6.45) is 2.24. The molecule has 0 aromatic carbocycles. The van der Waals surface area contributed by atoms with Gasteiger partial charge in [-0.2, -0.15) is 12.6 Å². The molecule has 0 saturated carbocycles. The molecule has 1 rings (SSSR count). The van der Waals surface area contributed by atoms with Crippen LogP contribution in [0, 0.1) is 11.8 Å². The Morgan fingerprint density at radius 1 is 0.643 bits per heavy atom. The predicted molar refractivity (Wildman–Crippen MR) is 256 cm³/mol. The van der Waals surface area contributed by atoms with Gasteiger partial charge in [0.25, 0.3) is 0 Å². The molecule has 0 spiro atoms. The maximum absolute atomic E-state index is 13.9. The number of carbonyl (C=O) groups is 11. The number of hydrogen-bond donors (Lipinski definition) is 15. The first-order valence-electron chi connectivity index (χ1n) is 23.0. The molecule has 26 nitrogen and oxygen atoms in total. The van der Waals surface area contributed by atoms with Crippen LogP contribution in [0.2, 0.25) is 0 Å². The zero-order valence-corrected chi connectivity index (χ0v) is 41.4. The molecule has 70 heavy (non-hydrogen) atoms. The molecule has 0 aliphatic carbocycles. The van der Waals surface area contributed by atoms with Gasteiger partial charge in [0.1, 0.15) is 48.3 Å². The van der Waals surface area contributed by atoms with Crippen molar-refractivity contribution < 1.29 is 63.0 Å². The summed E-state index contributed by atoms with van der Waals surface area (Å²) in [5, 5.41) is 38.8. The van der Waals surface area contributed by atoms with Gasteiger partial charge < -0.3 is 74.9 Å². The zero-order valence-electron chi connectivity index (χ0n) is 40.5. The maximum Gasteiger partial charge on any atom is 0.326 e. The first-order valence-corrected chi connectivity index (χ1v) is 23.7. The summed E-state index contributed by atoms with van der Waals surface area (Å²) >= 11 is 4.17. The Balaban J connectivity index is 3.27. The number of unbranched alkanes of at least 4 members (excludes halogenated alkanes) is 1. The van der Waals surface area contributed by atoms with Gasteiger partial charge in [0.2, 0.25) is 53.2 Å². The molecule has 17 N–H and O–H groups in total. The first kappa shape index (κ1) is 61.7. The number of imidazole rings is 1. The molecule has 1 aromatic rings. The molecule has 0 aliphatic heterocycles. The minimum Gasteiger partial charge on any atom is -0.481 e. The highest BCUT2D eigenvalue weighted by molar-refractivity contribution is 7.80. The largest absolute Gasteiger partial charge is 0.481 e. The number of carboxylic acid groups (broad SMARTS) is 2. The zero-order chi connectivity index (χ0) is 53.2. The maximum atomic E-state index is 13.9. The fraction of sp³-hybridized carbons (Fsp3) is 0.674. The van der Waals surface area contributed by atoms with Gasteiger partial charge in [-0.3, -0.25) is 47.9 Å². The summed E-state index contributed by atoms with van der Waals surface area (Å²) in [5.74, 6) is -11.5. The Labute approximate surface area is 411 Å². The number of H-pyrrole nitrogens is 1. The Bertz CT molecular complexity index is 1940. The van der Waals surface area contributed by atoms with Gasteiger partial charge in [0.05, 0.1) is 12.4 Å². The van der Waals surface area contributed by atoms with E-state index >= 15 is 0 Å². The van der Waals surface area contributed by atoms with E-state index in [1.165, 1.54) is 26.4 Å². The number of nitrogens with one attached hydrogen (secondary N) is 9. The topological polar surface area (TPSA) is 431 Å². The minimum absolute atomic E-state index is 0.00737. The van der Waals surface area contributed by atoms with E-state index in [4.69, 9.17) is 17.2 Å². The Morgan fingerprint density at radius 2 is 1.16 bits per heavy atom. The molecule has 0 aliphatic rings. The van der Waals surface area contributed by atoms with Crippen LogP contribution < -0.4 is 59.7 Å². The van der Waals surface area contributed by atoms with Gasteiger partial charge in [-0.1, -0.05) is 34.1 Å². The SMILES string of the molecule is CC[C@H](C)[C@H](NC(=O)[C@H](Cc1cnc[nH]1)NC(=O)[C@H](C)N)C(=O)N[C@@H](C)C(=O)N[C@@H](CCC(N)=O)C(=O)N[C@@H](CC(C)C)C(=O)N[C@@H](CS)C(=O)N[C@@H](CCC(=O)O)C(=O)N[C@@H](CCCCN)C(=O)O. The summed E-state index contributed by atoms with van der Waals surface area (Å²) in [6.45, 7) is 9.92. The standard InChI is InChI=1S/C43H73N13O13S/c1-7-22(4)34(56-40(65)30(53-35(60)23(5)45)17-25-18-47-20-48-25)42(67)49-24(6)36(61)50-26(11-13-32(46)57)38(63)54-29(16-21(2)3)39(64)55-31(19-70)41(66)51-27(12-14-33(58)59)37(62)52-28(43(68)69)10-8-9-15-44/h18,20-24,26-31,34,70H,7-17,19,44-45H2,1-6H3,(H2,46,57)(H,47,48)(H,49,67)(H,50,61)(H,51,66)(H,52,62)(H,53,60)(H,54,63)(H,55,64)(H,56,65)(H,58,59)(H,68,69)/t22-,23-,24-,26-,27-,28-,29-,30-,31-,34-/m0/s1. The lowest BCUT2D eigenvalue weighted by Crippen LogP contribution is -2.61. The lowest BCUT2D eigenvalue weighted by atomic mass is 9.97.